The average Bonchev–Trinajstić information content (AvgIpc) is 2.19. The Labute approximate surface area is 82.6 Å². The molecule has 0 amide bonds. The topological polar surface area (TPSA) is 29.3 Å². The van der Waals surface area contributed by atoms with Crippen LogP contribution in [0.15, 0.2) is 30.3 Å². The molecule has 1 heterocycles. The van der Waals surface area contributed by atoms with E-state index in [2.05, 4.69) is 6.72 Å². The van der Waals surface area contributed by atoms with Crippen LogP contribution in [0.5, 0.6) is 0 Å². The summed E-state index contributed by atoms with van der Waals surface area (Å²) in [5, 5.41) is 0. The minimum absolute atomic E-state index is 0.0916. The zero-order chi connectivity index (χ0) is 9.97. The molecule has 1 aliphatic heterocycles. The molecule has 1 aromatic rings. The fourth-order valence-electron chi connectivity index (χ4n) is 1.58. The van der Waals surface area contributed by atoms with Crippen LogP contribution in [0.3, 0.4) is 0 Å². The molecule has 0 saturated carbocycles. The first-order chi connectivity index (χ1) is 6.77. The molecule has 1 atom stereocenters. The summed E-state index contributed by atoms with van der Waals surface area (Å²) in [5.74, 6) is -0.202. The van der Waals surface area contributed by atoms with Crippen LogP contribution in [0.25, 0.3) is 0 Å². The number of nitrogens with zero attached hydrogens (tertiary/aromatic N) is 1. The van der Waals surface area contributed by atoms with E-state index in [-0.39, 0.29) is 18.6 Å². The highest BCUT2D eigenvalue weighted by molar-refractivity contribution is 5.71. The van der Waals surface area contributed by atoms with Gasteiger partial charge >= 0.3 is 5.97 Å². The van der Waals surface area contributed by atoms with Crippen molar-refractivity contribution in [1.82, 2.24) is 0 Å². The second-order valence-electron chi connectivity index (χ2n) is 3.36. The Balaban J connectivity index is 2.20. The van der Waals surface area contributed by atoms with Gasteiger partial charge < -0.3 is 4.74 Å². The van der Waals surface area contributed by atoms with Crippen molar-refractivity contribution in [1.29, 1.82) is 0 Å². The third kappa shape index (κ3) is 1.66. The van der Waals surface area contributed by atoms with Crippen LogP contribution in [0.1, 0.15) is 11.6 Å². The van der Waals surface area contributed by atoms with Crippen molar-refractivity contribution < 1.29 is 14.1 Å². The summed E-state index contributed by atoms with van der Waals surface area (Å²) in [7, 11) is 0. The number of morpholine rings is 1. The van der Waals surface area contributed by atoms with E-state index < -0.39 is 0 Å². The molecule has 72 valence electrons. The number of cyclic esters (lactones) is 1. The van der Waals surface area contributed by atoms with Crippen LogP contribution < -0.4 is 0 Å². The minimum Gasteiger partial charge on any atom is -0.454 e. The molecular formula is C11H12NO2+. The molecule has 0 spiro atoms. The lowest BCUT2D eigenvalue weighted by atomic mass is 10.1. The van der Waals surface area contributed by atoms with E-state index in [1.807, 2.05) is 30.3 Å². The predicted octanol–water partition coefficient (Wildman–Crippen LogP) is 0.998. The van der Waals surface area contributed by atoms with Gasteiger partial charge in [-0.15, -0.1) is 0 Å². The Bertz CT molecular complexity index is 359. The maximum atomic E-state index is 10.9. The van der Waals surface area contributed by atoms with Crippen molar-refractivity contribution in [3.8, 4) is 0 Å². The van der Waals surface area contributed by atoms with Crippen molar-refractivity contribution in [3.05, 3.63) is 35.9 Å². The first-order valence-corrected chi connectivity index (χ1v) is 4.55. The molecular weight excluding hydrogens is 178 g/mol. The van der Waals surface area contributed by atoms with Crippen LogP contribution in [-0.4, -0.2) is 30.4 Å². The highest BCUT2D eigenvalue weighted by atomic mass is 16.5. The Morgan fingerprint density at radius 1 is 1.36 bits per heavy atom. The second-order valence-corrected chi connectivity index (χ2v) is 3.36. The average molecular weight is 190 g/mol. The molecule has 1 saturated heterocycles. The van der Waals surface area contributed by atoms with Gasteiger partial charge in [0, 0.05) is 5.56 Å². The summed E-state index contributed by atoms with van der Waals surface area (Å²) >= 11 is 0. The van der Waals surface area contributed by atoms with E-state index in [9.17, 15) is 4.79 Å². The standard InChI is InChI=1S/C11H12NO2/c1-12-7-11(13)14-8-10(12)9-5-3-2-4-6-9/h2-6,10H,1,7-8H2/q+1/t10-/m0/s1. The molecule has 14 heavy (non-hydrogen) atoms. The molecule has 0 radical (unpaired) electrons. The lowest BCUT2D eigenvalue weighted by Gasteiger charge is -2.19. The SMILES string of the molecule is C=[N+]1CC(=O)OC[C@H]1c1ccccc1. The van der Waals surface area contributed by atoms with E-state index in [4.69, 9.17) is 4.74 Å². The summed E-state index contributed by atoms with van der Waals surface area (Å²) in [6, 6.07) is 10.0. The molecule has 0 bridgehead atoms. The molecule has 2 rings (SSSR count). The van der Waals surface area contributed by atoms with Crippen LogP contribution in [-0.2, 0) is 9.53 Å². The molecule has 0 aromatic heterocycles. The van der Waals surface area contributed by atoms with Gasteiger partial charge in [0.15, 0.2) is 6.61 Å². The van der Waals surface area contributed by atoms with E-state index >= 15 is 0 Å². The van der Waals surface area contributed by atoms with Crippen molar-refractivity contribution in [2.75, 3.05) is 13.2 Å². The minimum atomic E-state index is -0.202. The predicted molar refractivity (Wildman–Crippen MR) is 52.4 cm³/mol. The van der Waals surface area contributed by atoms with Gasteiger partial charge in [-0.1, -0.05) is 30.3 Å². The van der Waals surface area contributed by atoms with Crippen molar-refractivity contribution >= 4 is 12.7 Å². The zero-order valence-electron chi connectivity index (χ0n) is 7.85. The van der Waals surface area contributed by atoms with Crippen LogP contribution in [0.2, 0.25) is 0 Å². The van der Waals surface area contributed by atoms with Gasteiger partial charge in [0.1, 0.15) is 6.72 Å². The first-order valence-electron chi connectivity index (χ1n) is 4.55. The monoisotopic (exact) mass is 190 g/mol. The highest BCUT2D eigenvalue weighted by Crippen LogP contribution is 2.19. The van der Waals surface area contributed by atoms with Crippen LogP contribution in [0, 0.1) is 0 Å². The number of hydrogen-bond donors (Lipinski definition) is 0. The quantitative estimate of drug-likeness (QED) is 0.488. The van der Waals surface area contributed by atoms with Gasteiger partial charge in [-0.2, -0.15) is 0 Å². The Morgan fingerprint density at radius 2 is 2.07 bits per heavy atom. The number of carbonyl (C=O) groups excluding carboxylic acids is 1. The lowest BCUT2D eigenvalue weighted by molar-refractivity contribution is -0.569. The Hall–Kier alpha value is -1.64. The largest absolute Gasteiger partial charge is 0.454 e. The number of ether oxygens (including phenoxy) is 1. The molecule has 1 fully saturated rings. The van der Waals surface area contributed by atoms with Gasteiger partial charge in [0.25, 0.3) is 0 Å². The Kier molecular flexibility index (Phi) is 2.31. The smallest absolute Gasteiger partial charge is 0.372 e. The molecule has 1 aliphatic rings. The van der Waals surface area contributed by atoms with Gasteiger partial charge in [-0.25, -0.2) is 9.37 Å². The molecule has 3 nitrogen and oxygen atoms in total. The number of hydrogen-bond acceptors (Lipinski definition) is 2. The molecule has 0 aliphatic carbocycles. The summed E-state index contributed by atoms with van der Waals surface area (Å²) in [6.07, 6.45) is 0. The van der Waals surface area contributed by atoms with E-state index in [1.54, 1.807) is 4.58 Å². The van der Waals surface area contributed by atoms with Gasteiger partial charge in [-0.3, -0.25) is 0 Å². The van der Waals surface area contributed by atoms with E-state index in [1.165, 1.54) is 0 Å². The number of benzene rings is 1. The molecule has 0 unspecified atom stereocenters. The zero-order valence-corrected chi connectivity index (χ0v) is 7.85. The second kappa shape index (κ2) is 3.62. The maximum Gasteiger partial charge on any atom is 0.372 e. The van der Waals surface area contributed by atoms with Crippen molar-refractivity contribution in [2.24, 2.45) is 0 Å². The first kappa shape index (κ1) is 8.94. The van der Waals surface area contributed by atoms with Crippen molar-refractivity contribution in [2.45, 2.75) is 6.04 Å². The third-order valence-electron chi connectivity index (χ3n) is 2.36. The Morgan fingerprint density at radius 3 is 2.71 bits per heavy atom. The maximum absolute atomic E-state index is 10.9. The molecule has 3 heteroatoms. The number of carbonyl (C=O) groups is 1. The van der Waals surface area contributed by atoms with Gasteiger partial charge in [0.05, 0.1) is 0 Å². The fourth-order valence-corrected chi connectivity index (χ4v) is 1.58. The van der Waals surface area contributed by atoms with E-state index in [0.717, 1.165) is 5.56 Å². The summed E-state index contributed by atoms with van der Waals surface area (Å²) in [4.78, 5) is 10.9. The fraction of sp³-hybridized carbons (Fsp3) is 0.273. The number of esters is 1. The van der Waals surface area contributed by atoms with Gasteiger partial charge in [0.2, 0.25) is 12.6 Å². The lowest BCUT2D eigenvalue weighted by Crippen LogP contribution is -2.35. The highest BCUT2D eigenvalue weighted by Gasteiger charge is 2.30. The summed E-state index contributed by atoms with van der Waals surface area (Å²) in [6.45, 7) is 4.50. The summed E-state index contributed by atoms with van der Waals surface area (Å²) < 4.78 is 6.76. The molecule has 0 N–H and O–H groups in total. The third-order valence-corrected chi connectivity index (χ3v) is 2.36. The van der Waals surface area contributed by atoms with Gasteiger partial charge in [-0.05, 0) is 0 Å². The van der Waals surface area contributed by atoms with Crippen LogP contribution >= 0.6 is 0 Å². The molecule has 1 aromatic carbocycles. The van der Waals surface area contributed by atoms with Crippen molar-refractivity contribution in [3.63, 3.8) is 0 Å². The normalized spacial score (nSPS) is 21.9. The summed E-state index contributed by atoms with van der Waals surface area (Å²) in [5.41, 5.74) is 1.13. The van der Waals surface area contributed by atoms with E-state index in [0.29, 0.717) is 6.61 Å². The number of rotatable bonds is 1. The van der Waals surface area contributed by atoms with Crippen LogP contribution in [0.4, 0.5) is 0 Å².